The first kappa shape index (κ1) is 17.7. The third-order valence-corrected chi connectivity index (χ3v) is 3.86. The Morgan fingerprint density at radius 3 is 2.57 bits per heavy atom. The second-order valence-corrected chi connectivity index (χ2v) is 5.97. The lowest BCUT2D eigenvalue weighted by atomic mass is 10.3. The molecular weight excluding hydrogens is 288 g/mol. The Bertz CT molecular complexity index is 446. The highest BCUT2D eigenvalue weighted by Crippen LogP contribution is 2.09. The third-order valence-electron chi connectivity index (χ3n) is 3.13. The Morgan fingerprint density at radius 1 is 1.33 bits per heavy atom. The van der Waals surface area contributed by atoms with Gasteiger partial charge >= 0.3 is 5.97 Å². The summed E-state index contributed by atoms with van der Waals surface area (Å²) in [5, 5.41) is 4.03. The number of rotatable bonds is 8. The molecule has 0 bridgehead atoms. The molecule has 0 unspecified atom stereocenters. The molecule has 1 rings (SSSR count). The van der Waals surface area contributed by atoms with Gasteiger partial charge in [0, 0.05) is 19.6 Å². The zero-order valence-corrected chi connectivity index (χ0v) is 14.0. The summed E-state index contributed by atoms with van der Waals surface area (Å²) in [6.07, 6.45) is 0. The van der Waals surface area contributed by atoms with E-state index in [0.717, 1.165) is 5.56 Å². The van der Waals surface area contributed by atoms with Gasteiger partial charge in [-0.15, -0.1) is 0 Å². The van der Waals surface area contributed by atoms with Gasteiger partial charge < -0.3 is 9.64 Å². The molecule has 0 aromatic carbocycles. The van der Waals surface area contributed by atoms with Crippen molar-refractivity contribution >= 4 is 23.2 Å². The standard InChI is InChI=1S/C15H24N2O3S/c1-5-20-15(19)10-17(12(2)3)9-14(18)16(4)8-13-6-7-21-11-13/h6-7,11-12H,5,8-10H2,1-4H3. The maximum absolute atomic E-state index is 12.3. The molecular formula is C15H24N2O3S. The van der Waals surface area contributed by atoms with Crippen molar-refractivity contribution in [3.8, 4) is 0 Å². The molecule has 1 aromatic rings. The van der Waals surface area contributed by atoms with E-state index < -0.39 is 0 Å². The summed E-state index contributed by atoms with van der Waals surface area (Å²) in [5.74, 6) is -0.293. The van der Waals surface area contributed by atoms with Gasteiger partial charge in [-0.2, -0.15) is 11.3 Å². The van der Waals surface area contributed by atoms with Gasteiger partial charge in [-0.1, -0.05) is 0 Å². The van der Waals surface area contributed by atoms with E-state index in [9.17, 15) is 9.59 Å². The van der Waals surface area contributed by atoms with Gasteiger partial charge in [0.05, 0.1) is 19.7 Å². The van der Waals surface area contributed by atoms with Gasteiger partial charge in [0.25, 0.3) is 0 Å². The van der Waals surface area contributed by atoms with Crippen molar-refractivity contribution in [2.75, 3.05) is 26.7 Å². The van der Waals surface area contributed by atoms with Crippen LogP contribution in [0.2, 0.25) is 0 Å². The van der Waals surface area contributed by atoms with Crippen LogP contribution < -0.4 is 0 Å². The van der Waals surface area contributed by atoms with Crippen LogP contribution in [0.5, 0.6) is 0 Å². The zero-order valence-electron chi connectivity index (χ0n) is 13.2. The number of carbonyl (C=O) groups excluding carboxylic acids is 2. The van der Waals surface area contributed by atoms with Crippen LogP contribution >= 0.6 is 11.3 Å². The van der Waals surface area contributed by atoms with Crippen LogP contribution in [0.3, 0.4) is 0 Å². The normalized spacial score (nSPS) is 11.0. The first-order valence-electron chi connectivity index (χ1n) is 7.08. The SMILES string of the molecule is CCOC(=O)CN(CC(=O)N(C)Cc1ccsc1)C(C)C. The van der Waals surface area contributed by atoms with Crippen LogP contribution in [0.1, 0.15) is 26.3 Å². The molecule has 1 heterocycles. The minimum atomic E-state index is -0.292. The van der Waals surface area contributed by atoms with E-state index in [-0.39, 0.29) is 31.0 Å². The monoisotopic (exact) mass is 312 g/mol. The molecule has 0 radical (unpaired) electrons. The smallest absolute Gasteiger partial charge is 0.320 e. The molecule has 0 fully saturated rings. The van der Waals surface area contributed by atoms with Gasteiger partial charge in [0.2, 0.25) is 5.91 Å². The molecule has 118 valence electrons. The van der Waals surface area contributed by atoms with Crippen molar-refractivity contribution < 1.29 is 14.3 Å². The number of hydrogen-bond donors (Lipinski definition) is 0. The van der Waals surface area contributed by atoms with E-state index in [1.54, 1.807) is 30.2 Å². The Kier molecular flexibility index (Phi) is 7.39. The average Bonchev–Trinajstić information content (AvgIpc) is 2.90. The lowest BCUT2D eigenvalue weighted by Crippen LogP contribution is -2.44. The summed E-state index contributed by atoms with van der Waals surface area (Å²) in [6, 6.07) is 2.11. The molecule has 0 aliphatic carbocycles. The van der Waals surface area contributed by atoms with Crippen LogP contribution in [-0.4, -0.2) is 54.5 Å². The number of esters is 1. The van der Waals surface area contributed by atoms with Crippen molar-refractivity contribution in [2.45, 2.75) is 33.4 Å². The summed E-state index contributed by atoms with van der Waals surface area (Å²) in [6.45, 7) is 7.01. The Balaban J connectivity index is 2.53. The molecule has 0 aliphatic heterocycles. The number of amides is 1. The zero-order chi connectivity index (χ0) is 15.8. The molecule has 21 heavy (non-hydrogen) atoms. The summed E-state index contributed by atoms with van der Waals surface area (Å²) in [7, 11) is 1.78. The molecule has 6 heteroatoms. The number of hydrogen-bond acceptors (Lipinski definition) is 5. The summed E-state index contributed by atoms with van der Waals surface area (Å²) in [4.78, 5) is 27.3. The van der Waals surface area contributed by atoms with Crippen LogP contribution in [0.15, 0.2) is 16.8 Å². The highest BCUT2D eigenvalue weighted by atomic mass is 32.1. The predicted molar refractivity (Wildman–Crippen MR) is 84.1 cm³/mol. The van der Waals surface area contributed by atoms with Crippen molar-refractivity contribution in [1.82, 2.24) is 9.80 Å². The van der Waals surface area contributed by atoms with E-state index in [0.29, 0.717) is 13.2 Å². The van der Waals surface area contributed by atoms with E-state index in [4.69, 9.17) is 4.74 Å². The average molecular weight is 312 g/mol. The largest absolute Gasteiger partial charge is 0.465 e. The van der Waals surface area contributed by atoms with Crippen LogP contribution in [-0.2, 0) is 20.9 Å². The molecule has 0 atom stereocenters. The maximum Gasteiger partial charge on any atom is 0.320 e. The summed E-state index contributed by atoms with van der Waals surface area (Å²) < 4.78 is 4.95. The summed E-state index contributed by atoms with van der Waals surface area (Å²) in [5.41, 5.74) is 1.12. The minimum absolute atomic E-state index is 0.000742. The second kappa shape index (κ2) is 8.79. The fourth-order valence-corrected chi connectivity index (χ4v) is 2.49. The number of carbonyl (C=O) groups is 2. The Morgan fingerprint density at radius 2 is 2.05 bits per heavy atom. The van der Waals surface area contributed by atoms with Crippen molar-refractivity contribution in [3.63, 3.8) is 0 Å². The van der Waals surface area contributed by atoms with Crippen LogP contribution in [0.25, 0.3) is 0 Å². The van der Waals surface area contributed by atoms with E-state index in [2.05, 4.69) is 0 Å². The van der Waals surface area contributed by atoms with Gasteiger partial charge in [-0.05, 0) is 43.2 Å². The maximum atomic E-state index is 12.3. The molecule has 0 spiro atoms. The highest BCUT2D eigenvalue weighted by Gasteiger charge is 2.20. The van der Waals surface area contributed by atoms with E-state index in [1.165, 1.54) is 0 Å². The fraction of sp³-hybridized carbons (Fsp3) is 0.600. The first-order valence-corrected chi connectivity index (χ1v) is 8.03. The molecule has 1 amide bonds. The quantitative estimate of drug-likeness (QED) is 0.689. The molecule has 0 saturated heterocycles. The van der Waals surface area contributed by atoms with E-state index >= 15 is 0 Å². The number of thiophene rings is 1. The molecule has 5 nitrogen and oxygen atoms in total. The lowest BCUT2D eigenvalue weighted by molar-refractivity contribution is -0.145. The molecule has 0 N–H and O–H groups in total. The van der Waals surface area contributed by atoms with E-state index in [1.807, 2.05) is 35.6 Å². The van der Waals surface area contributed by atoms with Gasteiger partial charge in [0.1, 0.15) is 0 Å². The van der Waals surface area contributed by atoms with Crippen molar-refractivity contribution in [2.24, 2.45) is 0 Å². The molecule has 1 aromatic heterocycles. The Labute approximate surface area is 130 Å². The summed E-state index contributed by atoms with van der Waals surface area (Å²) >= 11 is 1.62. The number of ether oxygens (including phenoxy) is 1. The minimum Gasteiger partial charge on any atom is -0.465 e. The topological polar surface area (TPSA) is 49.9 Å². The van der Waals surface area contributed by atoms with Crippen LogP contribution in [0.4, 0.5) is 0 Å². The van der Waals surface area contributed by atoms with Gasteiger partial charge in [0.15, 0.2) is 0 Å². The number of nitrogens with zero attached hydrogens (tertiary/aromatic N) is 2. The third kappa shape index (κ3) is 6.27. The number of likely N-dealkylation sites (N-methyl/N-ethyl adjacent to an activating group) is 1. The highest BCUT2D eigenvalue weighted by molar-refractivity contribution is 7.07. The lowest BCUT2D eigenvalue weighted by Gasteiger charge is -2.27. The van der Waals surface area contributed by atoms with Gasteiger partial charge in [-0.25, -0.2) is 0 Å². The van der Waals surface area contributed by atoms with Crippen molar-refractivity contribution in [3.05, 3.63) is 22.4 Å². The van der Waals surface area contributed by atoms with Crippen molar-refractivity contribution in [1.29, 1.82) is 0 Å². The van der Waals surface area contributed by atoms with Crippen LogP contribution in [0, 0.1) is 0 Å². The first-order chi connectivity index (χ1) is 9.93. The molecule has 0 aliphatic rings. The van der Waals surface area contributed by atoms with Gasteiger partial charge in [-0.3, -0.25) is 14.5 Å². The molecule has 0 saturated carbocycles. The Hall–Kier alpha value is -1.40. The fourth-order valence-electron chi connectivity index (χ4n) is 1.83. The second-order valence-electron chi connectivity index (χ2n) is 5.19. The predicted octanol–water partition coefficient (Wildman–Crippen LogP) is 1.98.